The molecule has 0 spiro atoms. The summed E-state index contributed by atoms with van der Waals surface area (Å²) in [6.07, 6.45) is 4.18. The number of benzene rings is 1. The number of hydrogen-bond acceptors (Lipinski definition) is 4. The number of piperidine rings is 1. The Kier molecular flexibility index (Phi) is 4.89. The van der Waals surface area contributed by atoms with E-state index in [9.17, 15) is 14.5 Å². The van der Waals surface area contributed by atoms with E-state index < -0.39 is 10.7 Å². The molecule has 1 N–H and O–H groups in total. The number of nitrogens with zero attached hydrogens (tertiary/aromatic N) is 2. The maximum absolute atomic E-state index is 14.1. The Hall–Kier alpha value is -1.69. The van der Waals surface area contributed by atoms with Gasteiger partial charge in [-0.1, -0.05) is 0 Å². The van der Waals surface area contributed by atoms with Crippen LogP contribution < -0.4 is 10.2 Å². The van der Waals surface area contributed by atoms with Gasteiger partial charge in [-0.15, -0.1) is 0 Å². The lowest BCUT2D eigenvalue weighted by Gasteiger charge is -2.37. The molecule has 1 atom stereocenters. The standard InChI is InChI=1S/C14H20FN3O2/c1-16-8-7-11-4-2-3-9-17(11)14-6-5-12(18(19)20)10-13(14)15/h5-6,10-11,16H,2-4,7-9H2,1H3. The minimum absolute atomic E-state index is 0.199. The minimum Gasteiger partial charge on any atom is -0.366 e. The van der Waals surface area contributed by atoms with Crippen molar-refractivity contribution in [1.82, 2.24) is 5.32 Å². The molecule has 1 saturated heterocycles. The monoisotopic (exact) mass is 281 g/mol. The molecule has 1 unspecified atom stereocenters. The Labute approximate surface area is 117 Å². The average Bonchev–Trinajstić information content (AvgIpc) is 2.45. The second kappa shape index (κ2) is 6.65. The fraction of sp³-hybridized carbons (Fsp3) is 0.571. The summed E-state index contributed by atoms with van der Waals surface area (Å²) in [4.78, 5) is 12.2. The first-order valence-corrected chi connectivity index (χ1v) is 6.98. The van der Waals surface area contributed by atoms with Crippen LogP contribution >= 0.6 is 0 Å². The molecule has 2 rings (SSSR count). The quantitative estimate of drug-likeness (QED) is 0.666. The van der Waals surface area contributed by atoms with Crippen molar-refractivity contribution in [3.8, 4) is 0 Å². The van der Waals surface area contributed by atoms with E-state index in [1.807, 2.05) is 7.05 Å². The molecule has 0 radical (unpaired) electrons. The number of nitro groups is 1. The predicted molar refractivity (Wildman–Crippen MR) is 76.6 cm³/mol. The Morgan fingerprint density at radius 1 is 1.50 bits per heavy atom. The number of nitrogens with one attached hydrogen (secondary N) is 1. The molecule has 20 heavy (non-hydrogen) atoms. The summed E-state index contributed by atoms with van der Waals surface area (Å²) in [6, 6.07) is 4.22. The molecule has 0 aromatic heterocycles. The van der Waals surface area contributed by atoms with E-state index in [1.165, 1.54) is 12.1 Å². The van der Waals surface area contributed by atoms with E-state index in [0.29, 0.717) is 11.7 Å². The molecule has 1 aliphatic heterocycles. The Morgan fingerprint density at radius 3 is 2.95 bits per heavy atom. The maximum Gasteiger partial charge on any atom is 0.272 e. The number of halogens is 1. The van der Waals surface area contributed by atoms with Crippen LogP contribution in [0.5, 0.6) is 0 Å². The number of nitro benzene ring substituents is 1. The molecule has 110 valence electrons. The summed E-state index contributed by atoms with van der Waals surface area (Å²) < 4.78 is 14.1. The van der Waals surface area contributed by atoms with Crippen LogP contribution in [0, 0.1) is 15.9 Å². The largest absolute Gasteiger partial charge is 0.366 e. The molecule has 1 heterocycles. The van der Waals surface area contributed by atoms with Crippen molar-refractivity contribution in [3.05, 3.63) is 34.1 Å². The third-order valence-electron chi connectivity index (χ3n) is 3.81. The van der Waals surface area contributed by atoms with Crippen LogP contribution in [-0.2, 0) is 0 Å². The Morgan fingerprint density at radius 2 is 2.30 bits per heavy atom. The molecule has 5 nitrogen and oxygen atoms in total. The van der Waals surface area contributed by atoms with Crippen molar-refractivity contribution >= 4 is 11.4 Å². The van der Waals surface area contributed by atoms with Crippen molar-refractivity contribution in [1.29, 1.82) is 0 Å². The maximum atomic E-state index is 14.1. The van der Waals surface area contributed by atoms with Crippen LogP contribution in [0.15, 0.2) is 18.2 Å². The van der Waals surface area contributed by atoms with Crippen molar-refractivity contribution < 1.29 is 9.31 Å². The zero-order chi connectivity index (χ0) is 14.5. The highest BCUT2D eigenvalue weighted by Crippen LogP contribution is 2.30. The lowest BCUT2D eigenvalue weighted by Crippen LogP contribution is -2.41. The minimum atomic E-state index is -0.568. The van der Waals surface area contributed by atoms with Gasteiger partial charge in [-0.05, 0) is 45.3 Å². The van der Waals surface area contributed by atoms with Gasteiger partial charge in [0, 0.05) is 18.7 Å². The van der Waals surface area contributed by atoms with Crippen molar-refractivity contribution in [2.45, 2.75) is 31.7 Å². The summed E-state index contributed by atoms with van der Waals surface area (Å²) in [6.45, 7) is 1.69. The van der Waals surface area contributed by atoms with Crippen LogP contribution in [0.3, 0.4) is 0 Å². The zero-order valence-electron chi connectivity index (χ0n) is 11.6. The molecular weight excluding hydrogens is 261 g/mol. The Bertz CT molecular complexity index is 481. The normalized spacial score (nSPS) is 19.1. The molecule has 0 bridgehead atoms. The van der Waals surface area contributed by atoms with Crippen molar-refractivity contribution in [2.24, 2.45) is 0 Å². The molecular formula is C14H20FN3O2. The second-order valence-corrected chi connectivity index (χ2v) is 5.13. The van der Waals surface area contributed by atoms with Gasteiger partial charge in [0.05, 0.1) is 16.7 Å². The van der Waals surface area contributed by atoms with Gasteiger partial charge in [0.15, 0.2) is 5.82 Å². The summed E-state index contributed by atoms with van der Waals surface area (Å²) in [5.74, 6) is -0.504. The van der Waals surface area contributed by atoms with E-state index in [-0.39, 0.29) is 5.69 Å². The highest BCUT2D eigenvalue weighted by Gasteiger charge is 2.25. The topological polar surface area (TPSA) is 58.4 Å². The van der Waals surface area contributed by atoms with Crippen molar-refractivity contribution in [2.75, 3.05) is 25.0 Å². The summed E-state index contributed by atoms with van der Waals surface area (Å²) >= 11 is 0. The molecule has 0 saturated carbocycles. The van der Waals surface area contributed by atoms with Gasteiger partial charge in [0.2, 0.25) is 0 Å². The number of hydrogen-bond donors (Lipinski definition) is 1. The van der Waals surface area contributed by atoms with E-state index in [2.05, 4.69) is 10.2 Å². The van der Waals surface area contributed by atoms with E-state index >= 15 is 0 Å². The first-order valence-electron chi connectivity index (χ1n) is 6.98. The molecule has 1 aliphatic rings. The first-order chi connectivity index (χ1) is 9.63. The summed E-state index contributed by atoms with van der Waals surface area (Å²) in [5.41, 5.74) is 0.284. The molecule has 6 heteroatoms. The smallest absolute Gasteiger partial charge is 0.272 e. The number of non-ortho nitro benzene ring substituents is 1. The lowest BCUT2D eigenvalue weighted by atomic mass is 9.98. The van der Waals surface area contributed by atoms with Crippen molar-refractivity contribution in [3.63, 3.8) is 0 Å². The molecule has 0 aliphatic carbocycles. The molecule has 1 fully saturated rings. The van der Waals surface area contributed by atoms with E-state index in [0.717, 1.165) is 44.8 Å². The van der Waals surface area contributed by atoms with Crippen LogP contribution in [0.1, 0.15) is 25.7 Å². The van der Waals surface area contributed by atoms with Crippen LogP contribution in [0.4, 0.5) is 15.8 Å². The van der Waals surface area contributed by atoms with Crippen LogP contribution in [-0.4, -0.2) is 31.1 Å². The van der Waals surface area contributed by atoms with Gasteiger partial charge in [0.1, 0.15) is 0 Å². The molecule has 1 aromatic carbocycles. The highest BCUT2D eigenvalue weighted by molar-refractivity contribution is 5.53. The van der Waals surface area contributed by atoms with Gasteiger partial charge in [-0.3, -0.25) is 10.1 Å². The van der Waals surface area contributed by atoms with Gasteiger partial charge in [0.25, 0.3) is 5.69 Å². The predicted octanol–water partition coefficient (Wildman–Crippen LogP) is 2.70. The third kappa shape index (κ3) is 3.25. The lowest BCUT2D eigenvalue weighted by molar-refractivity contribution is -0.385. The van der Waals surface area contributed by atoms with Gasteiger partial charge in [-0.25, -0.2) is 4.39 Å². The summed E-state index contributed by atoms with van der Waals surface area (Å²) in [7, 11) is 1.90. The summed E-state index contributed by atoms with van der Waals surface area (Å²) in [5, 5.41) is 13.8. The fourth-order valence-corrected chi connectivity index (χ4v) is 2.77. The SMILES string of the molecule is CNCCC1CCCCN1c1ccc([N+](=O)[O-])cc1F. The first kappa shape index (κ1) is 14.7. The number of anilines is 1. The highest BCUT2D eigenvalue weighted by atomic mass is 19.1. The molecule has 1 aromatic rings. The van der Waals surface area contributed by atoms with Gasteiger partial charge >= 0.3 is 0 Å². The molecule has 0 amide bonds. The third-order valence-corrected chi connectivity index (χ3v) is 3.81. The van der Waals surface area contributed by atoms with E-state index in [4.69, 9.17) is 0 Å². The number of rotatable bonds is 5. The zero-order valence-corrected chi connectivity index (χ0v) is 11.6. The Balaban J connectivity index is 2.21. The van der Waals surface area contributed by atoms with Crippen LogP contribution in [0.25, 0.3) is 0 Å². The van der Waals surface area contributed by atoms with Crippen LogP contribution in [0.2, 0.25) is 0 Å². The van der Waals surface area contributed by atoms with Gasteiger partial charge in [-0.2, -0.15) is 0 Å². The van der Waals surface area contributed by atoms with E-state index in [1.54, 1.807) is 0 Å². The van der Waals surface area contributed by atoms with Gasteiger partial charge < -0.3 is 10.2 Å². The average molecular weight is 281 g/mol. The fourth-order valence-electron chi connectivity index (χ4n) is 2.77. The second-order valence-electron chi connectivity index (χ2n) is 5.13.